The summed E-state index contributed by atoms with van der Waals surface area (Å²) in [4.78, 5) is 2.73. The van der Waals surface area contributed by atoms with Crippen LogP contribution in [0.3, 0.4) is 0 Å². The minimum Gasteiger partial charge on any atom is -0.311 e. The third-order valence-electron chi connectivity index (χ3n) is 4.56. The number of nitrogens with zero attached hydrogens (tertiary/aromatic N) is 1. The Morgan fingerprint density at radius 3 is 2.69 bits per heavy atom. The predicted molar refractivity (Wildman–Crippen MR) is 69.7 cm³/mol. The maximum Gasteiger partial charge on any atom is 0.0195 e. The van der Waals surface area contributed by atoms with Gasteiger partial charge in [-0.15, -0.1) is 0 Å². The summed E-state index contributed by atoms with van der Waals surface area (Å²) in [7, 11) is 0. The molecule has 0 spiro atoms. The first-order chi connectivity index (χ1) is 7.63. The van der Waals surface area contributed by atoms with Gasteiger partial charge in [-0.2, -0.15) is 0 Å². The van der Waals surface area contributed by atoms with Crippen molar-refractivity contribution >= 4 is 0 Å². The summed E-state index contributed by atoms with van der Waals surface area (Å²) in [5, 5.41) is 3.68. The fraction of sp³-hybridized carbons (Fsp3) is 1.00. The second kappa shape index (κ2) is 5.05. The summed E-state index contributed by atoms with van der Waals surface area (Å²) in [6, 6.07) is 1.47. The van der Waals surface area contributed by atoms with E-state index in [1.165, 1.54) is 51.7 Å². The van der Waals surface area contributed by atoms with Gasteiger partial charge in [0.1, 0.15) is 0 Å². The van der Waals surface area contributed by atoms with Crippen molar-refractivity contribution in [3.8, 4) is 0 Å². The van der Waals surface area contributed by atoms with E-state index < -0.39 is 0 Å². The SMILES string of the molecule is CCCC1CN(CC2(C)CCC2)C(C)CN1. The minimum absolute atomic E-state index is 0.641. The molecule has 0 amide bonds. The second-order valence-electron chi connectivity index (χ2n) is 6.34. The molecule has 1 aliphatic heterocycles. The van der Waals surface area contributed by atoms with Gasteiger partial charge in [0, 0.05) is 31.7 Å². The number of nitrogens with one attached hydrogen (secondary N) is 1. The molecular formula is C14H28N2. The summed E-state index contributed by atoms with van der Waals surface area (Å²) in [5.41, 5.74) is 0.641. The quantitative estimate of drug-likeness (QED) is 0.790. The maximum absolute atomic E-state index is 3.68. The molecule has 0 aromatic carbocycles. The van der Waals surface area contributed by atoms with Gasteiger partial charge in [-0.1, -0.05) is 26.7 Å². The Balaban J connectivity index is 1.85. The molecule has 0 bridgehead atoms. The molecule has 94 valence electrons. The highest BCUT2D eigenvalue weighted by Gasteiger charge is 2.36. The van der Waals surface area contributed by atoms with E-state index in [0.717, 1.165) is 12.1 Å². The molecule has 1 saturated carbocycles. The number of rotatable bonds is 4. The van der Waals surface area contributed by atoms with Gasteiger partial charge in [0.15, 0.2) is 0 Å². The van der Waals surface area contributed by atoms with Gasteiger partial charge in [0.2, 0.25) is 0 Å². The van der Waals surface area contributed by atoms with Crippen molar-refractivity contribution in [3.05, 3.63) is 0 Å². The van der Waals surface area contributed by atoms with Crippen LogP contribution >= 0.6 is 0 Å². The lowest BCUT2D eigenvalue weighted by molar-refractivity contribution is 0.0402. The van der Waals surface area contributed by atoms with Crippen LogP contribution in [0.5, 0.6) is 0 Å². The molecule has 2 nitrogen and oxygen atoms in total. The van der Waals surface area contributed by atoms with Crippen molar-refractivity contribution in [2.45, 2.75) is 65.0 Å². The average molecular weight is 224 g/mol. The molecule has 2 unspecified atom stereocenters. The maximum atomic E-state index is 3.68. The first-order valence-corrected chi connectivity index (χ1v) is 7.10. The standard InChI is InChI=1S/C14H28N2/c1-4-6-13-10-16(12(2)9-15-13)11-14(3)7-5-8-14/h12-13,15H,4-11H2,1-3H3. The van der Waals surface area contributed by atoms with E-state index >= 15 is 0 Å². The Kier molecular flexibility index (Phi) is 3.91. The Morgan fingerprint density at radius 2 is 2.12 bits per heavy atom. The summed E-state index contributed by atoms with van der Waals surface area (Å²) >= 11 is 0. The van der Waals surface area contributed by atoms with Crippen LogP contribution in [0.25, 0.3) is 0 Å². The number of hydrogen-bond acceptors (Lipinski definition) is 2. The van der Waals surface area contributed by atoms with Crippen LogP contribution in [-0.2, 0) is 0 Å². The second-order valence-corrected chi connectivity index (χ2v) is 6.34. The molecule has 2 atom stereocenters. The van der Waals surface area contributed by atoms with Gasteiger partial charge in [0.25, 0.3) is 0 Å². The molecule has 0 radical (unpaired) electrons. The van der Waals surface area contributed by atoms with Crippen molar-refractivity contribution in [2.24, 2.45) is 5.41 Å². The van der Waals surface area contributed by atoms with Crippen LogP contribution in [-0.4, -0.2) is 36.6 Å². The molecule has 1 N–H and O–H groups in total. The van der Waals surface area contributed by atoms with Crippen LogP contribution in [0.2, 0.25) is 0 Å². The van der Waals surface area contributed by atoms with Gasteiger partial charge in [-0.05, 0) is 31.6 Å². The van der Waals surface area contributed by atoms with Gasteiger partial charge < -0.3 is 5.32 Å². The molecular weight excluding hydrogens is 196 g/mol. The molecule has 1 saturated heterocycles. The van der Waals surface area contributed by atoms with Crippen molar-refractivity contribution in [2.75, 3.05) is 19.6 Å². The Morgan fingerprint density at radius 1 is 1.38 bits per heavy atom. The zero-order valence-electron chi connectivity index (χ0n) is 11.3. The van der Waals surface area contributed by atoms with Crippen molar-refractivity contribution in [1.29, 1.82) is 0 Å². The summed E-state index contributed by atoms with van der Waals surface area (Å²) in [6.07, 6.45) is 6.98. The molecule has 0 aromatic heterocycles. The molecule has 2 heteroatoms. The van der Waals surface area contributed by atoms with Crippen LogP contribution < -0.4 is 5.32 Å². The van der Waals surface area contributed by atoms with E-state index in [-0.39, 0.29) is 0 Å². The van der Waals surface area contributed by atoms with Crippen molar-refractivity contribution in [3.63, 3.8) is 0 Å². The molecule has 1 aliphatic carbocycles. The molecule has 16 heavy (non-hydrogen) atoms. The summed E-state index contributed by atoms with van der Waals surface area (Å²) in [6.45, 7) is 10.9. The van der Waals surface area contributed by atoms with E-state index in [0.29, 0.717) is 5.41 Å². The van der Waals surface area contributed by atoms with E-state index in [1.807, 2.05) is 0 Å². The molecule has 0 aromatic rings. The van der Waals surface area contributed by atoms with E-state index in [2.05, 4.69) is 31.0 Å². The Labute approximate surface area is 101 Å². The lowest BCUT2D eigenvalue weighted by atomic mass is 9.70. The highest BCUT2D eigenvalue weighted by Crippen LogP contribution is 2.41. The van der Waals surface area contributed by atoms with E-state index in [9.17, 15) is 0 Å². The van der Waals surface area contributed by atoms with Gasteiger partial charge in [-0.3, -0.25) is 4.90 Å². The Bertz CT molecular complexity index is 223. The average Bonchev–Trinajstić information content (AvgIpc) is 2.21. The minimum atomic E-state index is 0.641. The topological polar surface area (TPSA) is 15.3 Å². The zero-order chi connectivity index (χ0) is 11.6. The first-order valence-electron chi connectivity index (χ1n) is 7.10. The van der Waals surface area contributed by atoms with Crippen molar-refractivity contribution < 1.29 is 0 Å². The fourth-order valence-corrected chi connectivity index (χ4v) is 3.18. The third-order valence-corrected chi connectivity index (χ3v) is 4.56. The van der Waals surface area contributed by atoms with Crippen LogP contribution in [0, 0.1) is 5.41 Å². The van der Waals surface area contributed by atoms with Crippen molar-refractivity contribution in [1.82, 2.24) is 10.2 Å². The molecule has 2 fully saturated rings. The van der Waals surface area contributed by atoms with Crippen LogP contribution in [0.1, 0.15) is 52.9 Å². The monoisotopic (exact) mass is 224 g/mol. The lowest BCUT2D eigenvalue weighted by Crippen LogP contribution is -2.58. The van der Waals surface area contributed by atoms with E-state index in [1.54, 1.807) is 0 Å². The largest absolute Gasteiger partial charge is 0.311 e. The molecule has 2 rings (SSSR count). The molecule has 2 aliphatic rings. The normalized spacial score (nSPS) is 34.7. The first kappa shape index (κ1) is 12.4. The van der Waals surface area contributed by atoms with Gasteiger partial charge in [0.05, 0.1) is 0 Å². The number of hydrogen-bond donors (Lipinski definition) is 1. The molecule has 1 heterocycles. The predicted octanol–water partition coefficient (Wildman–Crippen LogP) is 2.64. The summed E-state index contributed by atoms with van der Waals surface area (Å²) < 4.78 is 0. The van der Waals surface area contributed by atoms with E-state index in [4.69, 9.17) is 0 Å². The van der Waals surface area contributed by atoms with Gasteiger partial charge in [-0.25, -0.2) is 0 Å². The fourth-order valence-electron chi connectivity index (χ4n) is 3.18. The third kappa shape index (κ3) is 2.78. The lowest BCUT2D eigenvalue weighted by Gasteiger charge is -2.47. The van der Waals surface area contributed by atoms with Crippen LogP contribution in [0.15, 0.2) is 0 Å². The van der Waals surface area contributed by atoms with Crippen LogP contribution in [0.4, 0.5) is 0 Å². The zero-order valence-corrected chi connectivity index (χ0v) is 11.3. The highest BCUT2D eigenvalue weighted by atomic mass is 15.2. The number of piperazine rings is 1. The smallest absolute Gasteiger partial charge is 0.0195 e. The highest BCUT2D eigenvalue weighted by molar-refractivity contribution is 4.91. The van der Waals surface area contributed by atoms with Gasteiger partial charge >= 0.3 is 0 Å². The summed E-state index contributed by atoms with van der Waals surface area (Å²) in [5.74, 6) is 0. The Hall–Kier alpha value is -0.0800.